The Bertz CT molecular complexity index is 306. The lowest BCUT2D eigenvalue weighted by Crippen LogP contribution is -2.43. The van der Waals surface area contributed by atoms with Gasteiger partial charge in [0.05, 0.1) is 12.5 Å². The van der Waals surface area contributed by atoms with E-state index < -0.39 is 0 Å². The van der Waals surface area contributed by atoms with Crippen molar-refractivity contribution in [1.29, 1.82) is 0 Å². The van der Waals surface area contributed by atoms with Crippen molar-refractivity contribution in [2.75, 3.05) is 0 Å². The maximum absolute atomic E-state index is 5.11. The maximum atomic E-state index is 5.11. The van der Waals surface area contributed by atoms with Gasteiger partial charge in [-0.3, -0.25) is 0 Å². The molecule has 0 fully saturated rings. The highest BCUT2D eigenvalue weighted by atomic mass is 16.3. The van der Waals surface area contributed by atoms with E-state index in [1.165, 1.54) is 5.56 Å². The molecule has 2 nitrogen and oxygen atoms in total. The normalized spacial score (nSPS) is 15.1. The molecule has 1 aromatic rings. The molecular formula is C14H25NO. The Morgan fingerprint density at radius 1 is 1.25 bits per heavy atom. The summed E-state index contributed by atoms with van der Waals surface area (Å²) >= 11 is 0. The van der Waals surface area contributed by atoms with Crippen molar-refractivity contribution in [3.05, 3.63) is 24.2 Å². The van der Waals surface area contributed by atoms with E-state index in [-0.39, 0.29) is 5.54 Å². The smallest absolute Gasteiger partial charge is 0.0950 e. The quantitative estimate of drug-likeness (QED) is 0.829. The molecule has 0 amide bonds. The largest absolute Gasteiger partial charge is 0.472 e. The minimum Gasteiger partial charge on any atom is -0.472 e. The van der Waals surface area contributed by atoms with Crippen LogP contribution < -0.4 is 5.32 Å². The summed E-state index contributed by atoms with van der Waals surface area (Å²) in [5, 5.41) is 3.66. The summed E-state index contributed by atoms with van der Waals surface area (Å²) in [5.41, 5.74) is 1.68. The molecule has 1 rings (SSSR count). The molecule has 1 atom stereocenters. The van der Waals surface area contributed by atoms with Gasteiger partial charge in [-0.1, -0.05) is 20.8 Å². The van der Waals surface area contributed by atoms with Crippen LogP contribution in [0.1, 0.15) is 59.6 Å². The second-order valence-corrected chi connectivity index (χ2v) is 6.54. The molecular weight excluding hydrogens is 198 g/mol. The number of hydrogen-bond donors (Lipinski definition) is 1. The van der Waals surface area contributed by atoms with Crippen LogP contribution in [0.3, 0.4) is 0 Å². The van der Waals surface area contributed by atoms with Crippen molar-refractivity contribution in [2.45, 2.75) is 59.5 Å². The first-order valence-electron chi connectivity index (χ1n) is 5.99. The van der Waals surface area contributed by atoms with E-state index in [1.807, 2.05) is 12.3 Å². The van der Waals surface area contributed by atoms with E-state index in [0.717, 1.165) is 6.42 Å². The Balaban J connectivity index is 2.59. The molecule has 0 saturated heterocycles. The van der Waals surface area contributed by atoms with Gasteiger partial charge in [0.25, 0.3) is 0 Å². The van der Waals surface area contributed by atoms with Crippen molar-refractivity contribution in [2.24, 2.45) is 5.41 Å². The first kappa shape index (κ1) is 13.3. The third-order valence-electron chi connectivity index (χ3n) is 2.62. The fourth-order valence-electron chi connectivity index (χ4n) is 2.57. The highest BCUT2D eigenvalue weighted by Gasteiger charge is 2.26. The van der Waals surface area contributed by atoms with Crippen LogP contribution in [-0.4, -0.2) is 5.54 Å². The zero-order chi connectivity index (χ0) is 12.4. The lowest BCUT2D eigenvalue weighted by molar-refractivity contribution is 0.226. The first-order chi connectivity index (χ1) is 7.20. The van der Waals surface area contributed by atoms with Crippen molar-refractivity contribution in [3.8, 4) is 0 Å². The van der Waals surface area contributed by atoms with Gasteiger partial charge >= 0.3 is 0 Å². The molecule has 0 radical (unpaired) electrons. The molecule has 0 saturated carbocycles. The van der Waals surface area contributed by atoms with Crippen molar-refractivity contribution < 1.29 is 4.42 Å². The lowest BCUT2D eigenvalue weighted by Gasteiger charge is -2.35. The predicted molar refractivity (Wildman–Crippen MR) is 68.4 cm³/mol. The Hall–Kier alpha value is -0.760. The van der Waals surface area contributed by atoms with Crippen LogP contribution in [0.25, 0.3) is 0 Å². The van der Waals surface area contributed by atoms with Crippen LogP contribution in [0.15, 0.2) is 23.0 Å². The van der Waals surface area contributed by atoms with E-state index in [9.17, 15) is 0 Å². The van der Waals surface area contributed by atoms with E-state index >= 15 is 0 Å². The van der Waals surface area contributed by atoms with Crippen LogP contribution in [0.4, 0.5) is 0 Å². The Morgan fingerprint density at radius 3 is 2.31 bits per heavy atom. The minimum absolute atomic E-state index is 0.134. The molecule has 0 aliphatic heterocycles. The SMILES string of the molecule is CC(NC(C)(C)CC(C)(C)C)c1ccoc1. The van der Waals surface area contributed by atoms with Crippen LogP contribution in [-0.2, 0) is 0 Å². The summed E-state index contributed by atoms with van der Waals surface area (Å²) in [6.07, 6.45) is 4.68. The van der Waals surface area contributed by atoms with Gasteiger partial charge in [-0.25, -0.2) is 0 Å². The van der Waals surface area contributed by atoms with E-state index in [4.69, 9.17) is 4.42 Å². The Kier molecular flexibility index (Phi) is 3.84. The molecule has 0 aliphatic rings. The summed E-state index contributed by atoms with van der Waals surface area (Å²) < 4.78 is 5.11. The van der Waals surface area contributed by atoms with Crippen molar-refractivity contribution >= 4 is 0 Å². The standard InChI is InChI=1S/C14H25NO/c1-11(12-7-8-16-9-12)15-14(5,6)10-13(2,3)4/h7-9,11,15H,10H2,1-6H3. The van der Waals surface area contributed by atoms with Gasteiger partial charge in [-0.05, 0) is 38.7 Å². The summed E-state index contributed by atoms with van der Waals surface area (Å²) in [5.74, 6) is 0. The highest BCUT2D eigenvalue weighted by Crippen LogP contribution is 2.29. The third-order valence-corrected chi connectivity index (χ3v) is 2.62. The van der Waals surface area contributed by atoms with Crippen LogP contribution in [0.2, 0.25) is 0 Å². The van der Waals surface area contributed by atoms with E-state index in [1.54, 1.807) is 6.26 Å². The topological polar surface area (TPSA) is 25.2 Å². The lowest BCUT2D eigenvalue weighted by atomic mass is 9.81. The zero-order valence-electron chi connectivity index (χ0n) is 11.4. The first-order valence-corrected chi connectivity index (χ1v) is 5.99. The molecule has 0 bridgehead atoms. The van der Waals surface area contributed by atoms with Crippen molar-refractivity contribution in [1.82, 2.24) is 5.32 Å². The summed E-state index contributed by atoms with van der Waals surface area (Å²) in [7, 11) is 0. The van der Waals surface area contributed by atoms with E-state index in [2.05, 4.69) is 46.9 Å². The van der Waals surface area contributed by atoms with Crippen LogP contribution >= 0.6 is 0 Å². The molecule has 0 aromatic carbocycles. The highest BCUT2D eigenvalue weighted by molar-refractivity contribution is 5.11. The molecule has 92 valence electrons. The molecule has 0 aliphatic carbocycles. The molecule has 1 unspecified atom stereocenters. The van der Waals surface area contributed by atoms with E-state index in [0.29, 0.717) is 11.5 Å². The van der Waals surface area contributed by atoms with Crippen LogP contribution in [0.5, 0.6) is 0 Å². The summed E-state index contributed by atoms with van der Waals surface area (Å²) in [6.45, 7) is 13.5. The number of hydrogen-bond acceptors (Lipinski definition) is 2. The van der Waals surface area contributed by atoms with Gasteiger partial charge in [0.1, 0.15) is 0 Å². The molecule has 0 spiro atoms. The number of rotatable bonds is 4. The van der Waals surface area contributed by atoms with Crippen LogP contribution in [0, 0.1) is 5.41 Å². The molecule has 1 heterocycles. The fourth-order valence-corrected chi connectivity index (χ4v) is 2.57. The maximum Gasteiger partial charge on any atom is 0.0950 e. The molecule has 1 aromatic heterocycles. The van der Waals surface area contributed by atoms with Gasteiger partial charge in [0.2, 0.25) is 0 Å². The van der Waals surface area contributed by atoms with Gasteiger partial charge in [-0.15, -0.1) is 0 Å². The monoisotopic (exact) mass is 223 g/mol. The average molecular weight is 223 g/mol. The fraction of sp³-hybridized carbons (Fsp3) is 0.714. The van der Waals surface area contributed by atoms with Gasteiger partial charge < -0.3 is 9.73 Å². The predicted octanol–water partition coefficient (Wildman–Crippen LogP) is 4.15. The summed E-state index contributed by atoms with van der Waals surface area (Å²) in [4.78, 5) is 0. The second kappa shape index (κ2) is 4.62. The average Bonchev–Trinajstić information content (AvgIpc) is 2.48. The Labute approximate surface area is 99.4 Å². The van der Waals surface area contributed by atoms with Gasteiger partial charge in [0, 0.05) is 17.1 Å². The zero-order valence-corrected chi connectivity index (χ0v) is 11.4. The summed E-state index contributed by atoms with van der Waals surface area (Å²) in [6, 6.07) is 2.35. The Morgan fingerprint density at radius 2 is 1.88 bits per heavy atom. The number of furan rings is 1. The molecule has 2 heteroatoms. The van der Waals surface area contributed by atoms with Gasteiger partial charge in [-0.2, -0.15) is 0 Å². The minimum atomic E-state index is 0.134. The molecule has 1 N–H and O–H groups in total. The van der Waals surface area contributed by atoms with Gasteiger partial charge in [0.15, 0.2) is 0 Å². The second-order valence-electron chi connectivity index (χ2n) is 6.54. The number of nitrogens with one attached hydrogen (secondary N) is 1. The van der Waals surface area contributed by atoms with Crippen molar-refractivity contribution in [3.63, 3.8) is 0 Å². The third kappa shape index (κ3) is 4.40. The molecule has 16 heavy (non-hydrogen) atoms.